The second-order valence-corrected chi connectivity index (χ2v) is 8.49. The van der Waals surface area contributed by atoms with Crippen LogP contribution in [0.3, 0.4) is 0 Å². The molecule has 10 heteroatoms. The van der Waals surface area contributed by atoms with Crippen LogP contribution in [-0.2, 0) is 11.2 Å². The minimum Gasteiger partial charge on any atom is -0.490 e. The highest BCUT2D eigenvalue weighted by atomic mass is 16.5. The van der Waals surface area contributed by atoms with E-state index in [0.29, 0.717) is 29.8 Å². The van der Waals surface area contributed by atoms with Gasteiger partial charge in [-0.1, -0.05) is 12.1 Å². The molecule has 0 aliphatic heterocycles. The van der Waals surface area contributed by atoms with Crippen LogP contribution in [-0.4, -0.2) is 63.2 Å². The van der Waals surface area contributed by atoms with Gasteiger partial charge in [0.2, 0.25) is 17.6 Å². The number of aliphatic hydroxyl groups is 2. The van der Waals surface area contributed by atoms with Crippen molar-refractivity contribution in [3.63, 3.8) is 0 Å². The third kappa shape index (κ3) is 7.00. The molecule has 1 atom stereocenters. The third-order valence-electron chi connectivity index (χ3n) is 5.05. The number of hydrogen-bond donors (Lipinski definition) is 3. The molecule has 10 nitrogen and oxygen atoms in total. The Morgan fingerprint density at radius 2 is 1.91 bits per heavy atom. The molecule has 2 heterocycles. The first-order valence-electron chi connectivity index (χ1n) is 11.5. The lowest BCUT2D eigenvalue weighted by atomic mass is 10.0. The molecule has 0 spiro atoms. The molecule has 3 N–H and O–H groups in total. The van der Waals surface area contributed by atoms with E-state index in [0.717, 1.165) is 27.9 Å². The van der Waals surface area contributed by atoms with Crippen molar-refractivity contribution < 1.29 is 29.0 Å². The van der Waals surface area contributed by atoms with Gasteiger partial charge in [0.05, 0.1) is 6.10 Å². The van der Waals surface area contributed by atoms with Gasteiger partial charge in [-0.05, 0) is 63.4 Å². The smallest absolute Gasteiger partial charge is 0.258 e. The number of aromatic nitrogens is 3. The molecule has 0 aliphatic rings. The van der Waals surface area contributed by atoms with Crippen LogP contribution in [0.4, 0.5) is 0 Å². The van der Waals surface area contributed by atoms with Crippen LogP contribution in [0.15, 0.2) is 28.8 Å². The highest BCUT2D eigenvalue weighted by molar-refractivity contribution is 5.76. The van der Waals surface area contributed by atoms with Crippen molar-refractivity contribution in [2.45, 2.75) is 53.2 Å². The van der Waals surface area contributed by atoms with Crippen LogP contribution in [0, 0.1) is 13.8 Å². The molecule has 0 saturated carbocycles. The molecule has 1 amide bonds. The van der Waals surface area contributed by atoms with E-state index in [-0.39, 0.29) is 19.3 Å². The van der Waals surface area contributed by atoms with E-state index < -0.39 is 18.6 Å². The lowest BCUT2D eigenvalue weighted by Crippen LogP contribution is -2.36. The molecule has 2 aromatic heterocycles. The van der Waals surface area contributed by atoms with E-state index in [1.807, 2.05) is 52.8 Å². The third-order valence-corrected chi connectivity index (χ3v) is 5.05. The Morgan fingerprint density at radius 3 is 2.60 bits per heavy atom. The van der Waals surface area contributed by atoms with E-state index in [9.17, 15) is 9.90 Å². The average molecular weight is 485 g/mol. The zero-order chi connectivity index (χ0) is 25.5. The summed E-state index contributed by atoms with van der Waals surface area (Å²) in [7, 11) is 0. The molecule has 0 saturated heterocycles. The van der Waals surface area contributed by atoms with Crippen LogP contribution in [0.25, 0.3) is 22.8 Å². The normalized spacial score (nSPS) is 12.0. The molecule has 0 unspecified atom stereocenters. The number of benzene rings is 1. The van der Waals surface area contributed by atoms with Gasteiger partial charge in [0, 0.05) is 29.4 Å². The SMILES string of the molecule is CCc1cc(-c2noc(-c3cc(C)nc(OC(C)C)c3)n2)cc(C)c1OC[C@@H](O)CNC(=O)CO. The van der Waals surface area contributed by atoms with Gasteiger partial charge in [0.25, 0.3) is 5.89 Å². The number of rotatable bonds is 11. The molecule has 188 valence electrons. The van der Waals surface area contributed by atoms with Gasteiger partial charge < -0.3 is 29.5 Å². The summed E-state index contributed by atoms with van der Waals surface area (Å²) in [6, 6.07) is 7.47. The topological polar surface area (TPSA) is 140 Å². The maximum atomic E-state index is 11.1. The summed E-state index contributed by atoms with van der Waals surface area (Å²) in [6.45, 7) is 9.01. The van der Waals surface area contributed by atoms with Gasteiger partial charge in [0.1, 0.15) is 25.1 Å². The minimum atomic E-state index is -0.914. The van der Waals surface area contributed by atoms with Gasteiger partial charge in [-0.15, -0.1) is 0 Å². The Morgan fingerprint density at radius 1 is 1.14 bits per heavy atom. The van der Waals surface area contributed by atoms with Crippen molar-refractivity contribution >= 4 is 5.91 Å². The summed E-state index contributed by atoms with van der Waals surface area (Å²) in [5, 5.41) is 25.4. The Balaban J connectivity index is 1.79. The number of hydrogen-bond acceptors (Lipinski definition) is 9. The number of aliphatic hydroxyl groups excluding tert-OH is 2. The summed E-state index contributed by atoms with van der Waals surface area (Å²) >= 11 is 0. The molecule has 3 aromatic rings. The predicted molar refractivity (Wildman–Crippen MR) is 129 cm³/mol. The largest absolute Gasteiger partial charge is 0.490 e. The van der Waals surface area contributed by atoms with E-state index in [4.69, 9.17) is 19.1 Å². The molecule has 3 rings (SSSR count). The Bertz CT molecular complexity index is 1160. The Labute approximate surface area is 204 Å². The van der Waals surface area contributed by atoms with Crippen LogP contribution in [0.5, 0.6) is 11.6 Å². The monoisotopic (exact) mass is 484 g/mol. The number of carbonyl (C=O) groups excluding carboxylic acids is 1. The fourth-order valence-electron chi connectivity index (χ4n) is 3.49. The fraction of sp³-hybridized carbons (Fsp3) is 0.440. The van der Waals surface area contributed by atoms with Crippen molar-refractivity contribution in [2.75, 3.05) is 19.8 Å². The van der Waals surface area contributed by atoms with Gasteiger partial charge in [-0.2, -0.15) is 4.98 Å². The summed E-state index contributed by atoms with van der Waals surface area (Å²) < 4.78 is 17.1. The number of carbonyl (C=O) groups is 1. The van der Waals surface area contributed by atoms with Crippen molar-refractivity contribution in [1.29, 1.82) is 0 Å². The number of ether oxygens (including phenoxy) is 2. The number of nitrogens with one attached hydrogen (secondary N) is 1. The van der Waals surface area contributed by atoms with E-state index >= 15 is 0 Å². The molecule has 35 heavy (non-hydrogen) atoms. The van der Waals surface area contributed by atoms with Crippen molar-refractivity contribution in [1.82, 2.24) is 20.4 Å². The predicted octanol–water partition coefficient (Wildman–Crippen LogP) is 2.61. The summed E-state index contributed by atoms with van der Waals surface area (Å²) in [5.41, 5.74) is 4.06. The molecular weight excluding hydrogens is 452 g/mol. The first kappa shape index (κ1) is 26.1. The summed E-state index contributed by atoms with van der Waals surface area (Å²) in [6.07, 6.45) is -0.236. The second kappa shape index (κ2) is 11.8. The molecule has 0 aliphatic carbocycles. The second-order valence-electron chi connectivity index (χ2n) is 8.49. The lowest BCUT2D eigenvalue weighted by molar-refractivity contribution is -0.124. The lowest BCUT2D eigenvalue weighted by Gasteiger charge is -2.17. The number of aryl methyl sites for hydroxylation is 3. The molecule has 1 aromatic carbocycles. The maximum Gasteiger partial charge on any atom is 0.258 e. The van der Waals surface area contributed by atoms with Crippen molar-refractivity contribution in [3.05, 3.63) is 41.1 Å². The molecular formula is C25H32N4O6. The van der Waals surface area contributed by atoms with Crippen LogP contribution in [0.2, 0.25) is 0 Å². The molecule has 0 fully saturated rings. The zero-order valence-electron chi connectivity index (χ0n) is 20.7. The number of pyridine rings is 1. The Kier molecular flexibility index (Phi) is 8.78. The summed E-state index contributed by atoms with van der Waals surface area (Å²) in [5.74, 6) is 1.41. The standard InChI is InChI=1S/C25H32N4O6/c1-6-17-9-18(7-15(4)23(17)33-13-20(31)11-26-21(32)12-30)24-28-25(35-29-24)19-8-16(5)27-22(10-19)34-14(2)3/h7-10,14,20,30-31H,6,11-13H2,1-5H3,(H,26,32)/t20-/m0/s1. The quantitative estimate of drug-likeness (QED) is 0.375. The van der Waals surface area contributed by atoms with Crippen LogP contribution in [0.1, 0.15) is 37.6 Å². The molecule has 0 bridgehead atoms. The highest BCUT2D eigenvalue weighted by Gasteiger charge is 2.17. The van der Waals surface area contributed by atoms with Crippen LogP contribution >= 0.6 is 0 Å². The van der Waals surface area contributed by atoms with Crippen molar-refractivity contribution in [3.8, 4) is 34.5 Å². The minimum absolute atomic E-state index is 0.00652. The Hall–Kier alpha value is -3.50. The van der Waals surface area contributed by atoms with Gasteiger partial charge in [-0.3, -0.25) is 4.79 Å². The van der Waals surface area contributed by atoms with Gasteiger partial charge in [0.15, 0.2) is 0 Å². The van der Waals surface area contributed by atoms with Gasteiger partial charge in [-0.25, -0.2) is 4.98 Å². The van der Waals surface area contributed by atoms with E-state index in [1.54, 1.807) is 6.07 Å². The van der Waals surface area contributed by atoms with E-state index in [1.165, 1.54) is 0 Å². The first-order valence-corrected chi connectivity index (χ1v) is 11.5. The number of nitrogens with zero attached hydrogens (tertiary/aromatic N) is 3. The van der Waals surface area contributed by atoms with Crippen LogP contribution < -0.4 is 14.8 Å². The summed E-state index contributed by atoms with van der Waals surface area (Å²) in [4.78, 5) is 20.1. The highest BCUT2D eigenvalue weighted by Crippen LogP contribution is 2.32. The number of amides is 1. The van der Waals surface area contributed by atoms with Crippen molar-refractivity contribution in [2.24, 2.45) is 0 Å². The fourth-order valence-corrected chi connectivity index (χ4v) is 3.49. The van der Waals surface area contributed by atoms with Gasteiger partial charge >= 0.3 is 0 Å². The van der Waals surface area contributed by atoms with E-state index in [2.05, 4.69) is 20.4 Å². The first-order chi connectivity index (χ1) is 16.7. The average Bonchev–Trinajstić information content (AvgIpc) is 3.31. The zero-order valence-corrected chi connectivity index (χ0v) is 20.7. The maximum absolute atomic E-state index is 11.1. The molecule has 0 radical (unpaired) electrons.